The molecule has 0 radical (unpaired) electrons. The predicted molar refractivity (Wildman–Crippen MR) is 77.0 cm³/mol. The van der Waals surface area contributed by atoms with Crippen LogP contribution < -0.4 is 0 Å². The van der Waals surface area contributed by atoms with Gasteiger partial charge in [-0.25, -0.2) is 4.79 Å². The van der Waals surface area contributed by atoms with E-state index in [-0.39, 0.29) is 12.4 Å². The first-order chi connectivity index (χ1) is 9.69. The third-order valence-electron chi connectivity index (χ3n) is 2.32. The summed E-state index contributed by atoms with van der Waals surface area (Å²) in [6, 6.07) is 6.83. The summed E-state index contributed by atoms with van der Waals surface area (Å²) in [5, 5.41) is 0. The first kappa shape index (κ1) is 15.5. The minimum absolute atomic E-state index is 0.274. The second-order valence-corrected chi connectivity index (χ2v) is 3.90. The molecular formula is C17H16O3. The summed E-state index contributed by atoms with van der Waals surface area (Å²) in [7, 11) is 0. The van der Waals surface area contributed by atoms with Gasteiger partial charge in [0.1, 0.15) is 0 Å². The van der Waals surface area contributed by atoms with E-state index in [1.165, 1.54) is 0 Å². The van der Waals surface area contributed by atoms with Crippen LogP contribution in [0.25, 0.3) is 0 Å². The molecule has 0 amide bonds. The lowest BCUT2D eigenvalue weighted by Gasteiger charge is -1.98. The van der Waals surface area contributed by atoms with E-state index in [0.29, 0.717) is 17.5 Å². The van der Waals surface area contributed by atoms with Crippen LogP contribution in [-0.2, 0) is 9.53 Å². The van der Waals surface area contributed by atoms with Crippen molar-refractivity contribution in [2.24, 2.45) is 0 Å². The normalized spacial score (nSPS) is 8.70. The molecule has 102 valence electrons. The Kier molecular flexibility index (Phi) is 6.65. The van der Waals surface area contributed by atoms with Crippen molar-refractivity contribution < 1.29 is 14.3 Å². The van der Waals surface area contributed by atoms with Crippen LogP contribution in [0.5, 0.6) is 0 Å². The maximum Gasteiger partial charge on any atom is 0.384 e. The van der Waals surface area contributed by atoms with Crippen LogP contribution in [0.2, 0.25) is 0 Å². The first-order valence-corrected chi connectivity index (χ1v) is 6.50. The fourth-order valence-electron chi connectivity index (χ4n) is 1.41. The molecule has 0 atom stereocenters. The Bertz CT molecular complexity index is 606. The number of rotatable bonds is 3. The number of Topliss-reactive ketones (excluding diaryl/α,β-unsaturated/α-hetero) is 1. The standard InChI is InChI=1S/C17H16O3/c1-3-5-6-11-16(18)15-10-8-7-9-14(15)12-13-17(19)20-4-2/h7-10H,3-5H2,1-2H3. The predicted octanol–water partition coefficient (Wildman–Crippen LogP) is 2.59. The van der Waals surface area contributed by atoms with Gasteiger partial charge in [0, 0.05) is 23.5 Å². The molecule has 0 saturated carbocycles. The SMILES string of the molecule is CCCC#CC(=O)c1ccccc1C#CC(=O)OCC. The molecule has 0 fully saturated rings. The summed E-state index contributed by atoms with van der Waals surface area (Å²) in [5.41, 5.74) is 0.893. The molecule has 0 bridgehead atoms. The highest BCUT2D eigenvalue weighted by Crippen LogP contribution is 2.08. The molecule has 0 aliphatic carbocycles. The van der Waals surface area contributed by atoms with Gasteiger partial charge in [0.05, 0.1) is 6.61 Å². The summed E-state index contributed by atoms with van der Waals surface area (Å²) >= 11 is 0. The van der Waals surface area contributed by atoms with Crippen LogP contribution >= 0.6 is 0 Å². The highest BCUT2D eigenvalue weighted by atomic mass is 16.5. The summed E-state index contributed by atoms with van der Waals surface area (Å²) in [6.07, 6.45) is 1.59. The highest BCUT2D eigenvalue weighted by Gasteiger charge is 2.06. The average Bonchev–Trinajstić information content (AvgIpc) is 2.46. The van der Waals surface area contributed by atoms with Crippen LogP contribution in [0.3, 0.4) is 0 Å². The Hall–Kier alpha value is -2.52. The van der Waals surface area contributed by atoms with E-state index >= 15 is 0 Å². The fraction of sp³-hybridized carbons (Fsp3) is 0.294. The largest absolute Gasteiger partial charge is 0.456 e. The van der Waals surface area contributed by atoms with Crippen molar-refractivity contribution in [1.29, 1.82) is 0 Å². The molecule has 3 nitrogen and oxygen atoms in total. The van der Waals surface area contributed by atoms with Crippen molar-refractivity contribution in [1.82, 2.24) is 0 Å². The van der Waals surface area contributed by atoms with E-state index in [2.05, 4.69) is 23.7 Å². The molecule has 0 unspecified atom stereocenters. The van der Waals surface area contributed by atoms with Gasteiger partial charge in [0.25, 0.3) is 0 Å². The maximum absolute atomic E-state index is 12.0. The van der Waals surface area contributed by atoms with Crippen molar-refractivity contribution in [3.05, 3.63) is 35.4 Å². The van der Waals surface area contributed by atoms with Crippen LogP contribution in [0.15, 0.2) is 24.3 Å². The van der Waals surface area contributed by atoms with Gasteiger partial charge in [-0.1, -0.05) is 30.9 Å². The summed E-state index contributed by atoms with van der Waals surface area (Å²) in [6.45, 7) is 3.98. The molecule has 0 aliphatic heterocycles. The summed E-state index contributed by atoms with van der Waals surface area (Å²) in [4.78, 5) is 23.2. The molecule has 0 aliphatic rings. The smallest absolute Gasteiger partial charge is 0.384 e. The molecule has 0 aromatic heterocycles. The van der Waals surface area contributed by atoms with E-state index in [4.69, 9.17) is 4.74 Å². The number of unbranched alkanes of at least 4 members (excludes halogenated alkanes) is 1. The number of hydrogen-bond acceptors (Lipinski definition) is 3. The number of esters is 1. The van der Waals surface area contributed by atoms with Crippen LogP contribution in [-0.4, -0.2) is 18.4 Å². The number of carbonyl (C=O) groups excluding carboxylic acids is 2. The van der Waals surface area contributed by atoms with E-state index in [0.717, 1.165) is 6.42 Å². The van der Waals surface area contributed by atoms with E-state index in [1.54, 1.807) is 31.2 Å². The second kappa shape index (κ2) is 8.56. The van der Waals surface area contributed by atoms with Crippen molar-refractivity contribution in [3.63, 3.8) is 0 Å². The van der Waals surface area contributed by atoms with E-state index in [9.17, 15) is 9.59 Å². The number of hydrogen-bond donors (Lipinski definition) is 0. The zero-order chi connectivity index (χ0) is 14.8. The molecule has 0 N–H and O–H groups in total. The Morgan fingerprint density at radius 2 is 1.90 bits per heavy atom. The molecule has 1 rings (SSSR count). The third kappa shape index (κ3) is 5.00. The van der Waals surface area contributed by atoms with Crippen LogP contribution in [0.4, 0.5) is 0 Å². The maximum atomic E-state index is 12.0. The van der Waals surface area contributed by atoms with Gasteiger partial charge in [-0.3, -0.25) is 4.79 Å². The van der Waals surface area contributed by atoms with Crippen molar-refractivity contribution >= 4 is 11.8 Å². The van der Waals surface area contributed by atoms with Gasteiger partial charge in [-0.2, -0.15) is 0 Å². The quantitative estimate of drug-likeness (QED) is 0.366. The zero-order valence-corrected chi connectivity index (χ0v) is 11.7. The molecule has 1 aromatic rings. The van der Waals surface area contributed by atoms with E-state index < -0.39 is 5.97 Å². The molecule has 3 heteroatoms. The van der Waals surface area contributed by atoms with Crippen molar-refractivity contribution in [3.8, 4) is 23.7 Å². The summed E-state index contributed by atoms with van der Waals surface area (Å²) in [5.74, 6) is 9.50. The molecule has 20 heavy (non-hydrogen) atoms. The van der Waals surface area contributed by atoms with Crippen LogP contribution in [0, 0.1) is 23.7 Å². The molecule has 1 aromatic carbocycles. The topological polar surface area (TPSA) is 43.4 Å². The molecule has 0 saturated heterocycles. The van der Waals surface area contributed by atoms with Crippen molar-refractivity contribution in [2.75, 3.05) is 6.61 Å². The Morgan fingerprint density at radius 1 is 1.15 bits per heavy atom. The minimum atomic E-state index is -0.605. The molecule has 0 spiro atoms. The van der Waals surface area contributed by atoms with Crippen molar-refractivity contribution in [2.45, 2.75) is 26.7 Å². The summed E-state index contributed by atoms with van der Waals surface area (Å²) < 4.78 is 4.72. The monoisotopic (exact) mass is 268 g/mol. The lowest BCUT2D eigenvalue weighted by Crippen LogP contribution is -2.01. The number of ketones is 1. The number of carbonyl (C=O) groups is 2. The van der Waals surface area contributed by atoms with Crippen LogP contribution in [0.1, 0.15) is 42.6 Å². The first-order valence-electron chi connectivity index (χ1n) is 6.50. The average molecular weight is 268 g/mol. The van der Waals surface area contributed by atoms with Gasteiger partial charge in [0.2, 0.25) is 5.78 Å². The van der Waals surface area contributed by atoms with Gasteiger partial charge >= 0.3 is 5.97 Å². The second-order valence-electron chi connectivity index (χ2n) is 3.90. The minimum Gasteiger partial charge on any atom is -0.456 e. The lowest BCUT2D eigenvalue weighted by molar-refractivity contribution is -0.136. The Morgan fingerprint density at radius 3 is 2.60 bits per heavy atom. The van der Waals surface area contributed by atoms with Gasteiger partial charge < -0.3 is 4.74 Å². The van der Waals surface area contributed by atoms with Gasteiger partial charge in [-0.15, -0.1) is 0 Å². The van der Waals surface area contributed by atoms with E-state index in [1.807, 2.05) is 6.92 Å². The third-order valence-corrected chi connectivity index (χ3v) is 2.32. The highest BCUT2D eigenvalue weighted by molar-refractivity contribution is 6.10. The Balaban J connectivity index is 2.97. The number of ether oxygens (including phenoxy) is 1. The van der Waals surface area contributed by atoms with Gasteiger partial charge in [-0.05, 0) is 31.4 Å². The Labute approximate surface area is 119 Å². The zero-order valence-electron chi connectivity index (χ0n) is 11.7. The number of benzene rings is 1. The molecular weight excluding hydrogens is 252 g/mol. The fourth-order valence-corrected chi connectivity index (χ4v) is 1.41. The van der Waals surface area contributed by atoms with Gasteiger partial charge in [0.15, 0.2) is 0 Å². The lowest BCUT2D eigenvalue weighted by atomic mass is 10.0. The molecule has 0 heterocycles.